The van der Waals surface area contributed by atoms with Crippen LogP contribution in [0.3, 0.4) is 0 Å². The minimum atomic E-state index is -0.408. The van der Waals surface area contributed by atoms with Gasteiger partial charge in [-0.3, -0.25) is 19.2 Å². The predicted octanol–water partition coefficient (Wildman–Crippen LogP) is 12.2. The van der Waals surface area contributed by atoms with E-state index in [2.05, 4.69) is 13.2 Å². The third kappa shape index (κ3) is 16.7. The van der Waals surface area contributed by atoms with Gasteiger partial charge in [0.25, 0.3) is 0 Å². The van der Waals surface area contributed by atoms with Crippen LogP contribution in [0.4, 0.5) is 0 Å². The van der Waals surface area contributed by atoms with E-state index in [0.717, 1.165) is 79.0 Å². The van der Waals surface area contributed by atoms with Gasteiger partial charge in [0.15, 0.2) is 0 Å². The van der Waals surface area contributed by atoms with Crippen molar-refractivity contribution in [2.75, 3.05) is 26.4 Å². The summed E-state index contributed by atoms with van der Waals surface area (Å²) in [5.74, 6) is -0.335. The summed E-state index contributed by atoms with van der Waals surface area (Å²) in [5, 5.41) is 2.75. The Kier molecular flexibility index (Phi) is 21.4. The molecule has 5 aromatic rings. The molecule has 2 aromatic heterocycles. The Labute approximate surface area is 440 Å². The average Bonchev–Trinajstić information content (AvgIpc) is 4.14. The van der Waals surface area contributed by atoms with Crippen LogP contribution < -0.4 is 23.7 Å². The van der Waals surface area contributed by atoms with Crippen molar-refractivity contribution in [2.45, 2.75) is 109 Å². The molecule has 2 aliphatic carbocycles. The van der Waals surface area contributed by atoms with Gasteiger partial charge in [0.05, 0.1) is 59.3 Å². The van der Waals surface area contributed by atoms with Gasteiger partial charge in [0, 0.05) is 24.5 Å². The second-order valence-corrected chi connectivity index (χ2v) is 20.6. The van der Waals surface area contributed by atoms with Crippen molar-refractivity contribution < 1.29 is 61.9 Å². The number of ether oxygens (including phenoxy) is 7. The average molecular weight is 1050 g/mol. The van der Waals surface area contributed by atoms with Gasteiger partial charge in [0.2, 0.25) is 0 Å². The smallest absolute Gasteiger partial charge is 0.330 e. The lowest BCUT2D eigenvalue weighted by Crippen LogP contribution is -2.30. The number of nitrogens with zero attached hydrogens (tertiary/aromatic N) is 1. The fourth-order valence-corrected chi connectivity index (χ4v) is 10.9. The van der Waals surface area contributed by atoms with Crippen molar-refractivity contribution in [3.8, 4) is 38.6 Å². The number of carbonyl (C=O) groups excluding carboxylic acids is 6. The van der Waals surface area contributed by atoms with Gasteiger partial charge in [0.1, 0.15) is 39.5 Å². The minimum Gasteiger partial charge on any atom is -0.494 e. The standard InChI is InChI=1S/C58H65NO13S2/c1-3-51(61)68-35-11-7-5-9-33-66-44-24-28-46(29-25-44)70-56(63)40-17-15-39(16-18-40)48(60)38-43-23-32-49(54-53(43)59-55(74-54)50-14-13-37-73-50)72-58(65)42-21-19-41(20-22-42)57(64)71-47-30-26-45(27-31-47)67-34-10-6-8-12-36-69-52(62)4-2/h3-4,13-14,23-32,37,39-42H,1-2,5-12,15-22,33-36,38H2. The first-order chi connectivity index (χ1) is 36.1. The Balaban J connectivity index is 0.836. The Morgan fingerprint density at radius 2 is 0.973 bits per heavy atom. The lowest BCUT2D eigenvalue weighted by atomic mass is 9.79. The van der Waals surface area contributed by atoms with E-state index in [4.69, 9.17) is 38.1 Å². The van der Waals surface area contributed by atoms with Crippen molar-refractivity contribution in [2.24, 2.45) is 23.7 Å². The molecule has 2 aliphatic rings. The number of fused-ring (bicyclic) bond motifs is 1. The molecular formula is C58H65NO13S2. The van der Waals surface area contributed by atoms with E-state index in [1.807, 2.05) is 23.6 Å². The summed E-state index contributed by atoms with van der Waals surface area (Å²) >= 11 is 2.99. The molecule has 0 bridgehead atoms. The molecule has 0 amide bonds. The maximum absolute atomic E-state index is 13.9. The fraction of sp³-hybridized carbons (Fsp3) is 0.431. The molecule has 16 heteroatoms. The summed E-state index contributed by atoms with van der Waals surface area (Å²) < 4.78 is 39.9. The number of hydrogen-bond donors (Lipinski definition) is 0. The number of carbonyl (C=O) groups is 6. The van der Waals surface area contributed by atoms with Crippen LogP contribution in [0.1, 0.15) is 108 Å². The molecule has 14 nitrogen and oxygen atoms in total. The fourth-order valence-electron chi connectivity index (χ4n) is 9.07. The maximum Gasteiger partial charge on any atom is 0.330 e. The molecule has 2 heterocycles. The molecule has 2 saturated carbocycles. The van der Waals surface area contributed by atoms with Gasteiger partial charge in [-0.1, -0.05) is 25.3 Å². The van der Waals surface area contributed by atoms with Crippen molar-refractivity contribution in [3.63, 3.8) is 0 Å². The Morgan fingerprint density at radius 3 is 1.43 bits per heavy atom. The van der Waals surface area contributed by atoms with Gasteiger partial charge in [-0.2, -0.15) is 0 Å². The number of thiophene rings is 1. The normalized spacial score (nSPS) is 17.4. The zero-order valence-electron chi connectivity index (χ0n) is 41.8. The number of benzene rings is 3. The van der Waals surface area contributed by atoms with Crippen LogP contribution in [0.2, 0.25) is 0 Å². The third-order valence-electron chi connectivity index (χ3n) is 13.3. The second kappa shape index (κ2) is 28.7. The highest BCUT2D eigenvalue weighted by Gasteiger charge is 2.34. The van der Waals surface area contributed by atoms with E-state index in [1.54, 1.807) is 65.9 Å². The topological polar surface area (TPSA) is 180 Å². The van der Waals surface area contributed by atoms with Crippen LogP contribution >= 0.6 is 22.7 Å². The minimum absolute atomic E-state index is 0.0843. The Morgan fingerprint density at radius 1 is 0.527 bits per heavy atom. The largest absolute Gasteiger partial charge is 0.494 e. The second-order valence-electron chi connectivity index (χ2n) is 18.6. The molecule has 0 radical (unpaired) electrons. The highest BCUT2D eigenvalue weighted by atomic mass is 32.1. The summed E-state index contributed by atoms with van der Waals surface area (Å²) in [7, 11) is 0. The highest BCUT2D eigenvalue weighted by Crippen LogP contribution is 2.41. The summed E-state index contributed by atoms with van der Waals surface area (Å²) in [5.41, 5.74) is 1.40. The molecule has 0 aliphatic heterocycles. The van der Waals surface area contributed by atoms with E-state index in [-0.39, 0.29) is 53.8 Å². The predicted molar refractivity (Wildman–Crippen MR) is 283 cm³/mol. The summed E-state index contributed by atoms with van der Waals surface area (Å²) in [6.07, 6.45) is 13.7. The molecule has 0 unspecified atom stereocenters. The van der Waals surface area contributed by atoms with Gasteiger partial charge in [-0.15, -0.1) is 22.7 Å². The first-order valence-electron chi connectivity index (χ1n) is 25.7. The van der Waals surface area contributed by atoms with Crippen LogP contribution in [0.5, 0.6) is 28.7 Å². The van der Waals surface area contributed by atoms with Crippen LogP contribution in [-0.4, -0.2) is 67.0 Å². The van der Waals surface area contributed by atoms with Crippen LogP contribution in [0.15, 0.2) is 103 Å². The summed E-state index contributed by atoms with van der Waals surface area (Å²) in [6.45, 7) is 8.62. The monoisotopic (exact) mass is 1050 g/mol. The van der Waals surface area contributed by atoms with Crippen LogP contribution in [0.25, 0.3) is 20.1 Å². The SMILES string of the molecule is C=CC(=O)OCCCCCCOc1ccc(OC(=O)C2CCC(C(=O)Cc3ccc(OC(=O)C4CCC(C(=O)Oc5ccc(OCCCCCCOC(=O)C=C)cc5)CC4)c4sc(-c5cccs5)nc34)CC2)cc1. The number of esters is 5. The lowest BCUT2D eigenvalue weighted by molar-refractivity contribution is -0.145. The number of thiazole rings is 1. The van der Waals surface area contributed by atoms with Gasteiger partial charge in [-0.05, 0) is 174 Å². The molecule has 0 N–H and O–H groups in total. The number of rotatable bonds is 28. The molecule has 2 fully saturated rings. The summed E-state index contributed by atoms with van der Waals surface area (Å²) in [4.78, 5) is 82.1. The summed E-state index contributed by atoms with van der Waals surface area (Å²) in [6, 6.07) is 21.5. The molecule has 0 saturated heterocycles. The van der Waals surface area contributed by atoms with Crippen molar-refractivity contribution >= 4 is 68.5 Å². The highest BCUT2D eigenvalue weighted by molar-refractivity contribution is 7.25. The quantitative estimate of drug-likeness (QED) is 0.0200. The van der Waals surface area contributed by atoms with Gasteiger partial charge in [-0.25, -0.2) is 14.6 Å². The van der Waals surface area contributed by atoms with Crippen LogP contribution in [0, 0.1) is 23.7 Å². The van der Waals surface area contributed by atoms with E-state index in [9.17, 15) is 28.8 Å². The van der Waals surface area contributed by atoms with E-state index < -0.39 is 11.9 Å². The molecule has 0 spiro atoms. The molecule has 392 valence electrons. The molecule has 3 aromatic carbocycles. The number of hydrogen-bond acceptors (Lipinski definition) is 16. The Bertz CT molecular complexity index is 2500. The van der Waals surface area contributed by atoms with Crippen molar-refractivity contribution in [3.05, 3.63) is 109 Å². The third-order valence-corrected chi connectivity index (χ3v) is 15.4. The maximum atomic E-state index is 13.9. The first kappa shape index (κ1) is 55.1. The number of aromatic nitrogens is 1. The van der Waals surface area contributed by atoms with Crippen molar-refractivity contribution in [1.29, 1.82) is 0 Å². The molecule has 74 heavy (non-hydrogen) atoms. The molecule has 7 rings (SSSR count). The lowest BCUT2D eigenvalue weighted by Gasteiger charge is -2.26. The van der Waals surface area contributed by atoms with E-state index in [0.29, 0.717) is 117 Å². The molecular weight excluding hydrogens is 983 g/mol. The zero-order chi connectivity index (χ0) is 52.1. The van der Waals surface area contributed by atoms with Crippen LogP contribution in [-0.2, 0) is 44.7 Å². The molecule has 0 atom stereocenters. The number of Topliss-reactive ketones (excluding diaryl/α,β-unsaturated/α-hetero) is 1. The van der Waals surface area contributed by atoms with Gasteiger partial charge < -0.3 is 33.2 Å². The zero-order valence-corrected chi connectivity index (χ0v) is 43.4. The Hall–Kier alpha value is -6.65. The number of ketones is 1. The first-order valence-corrected chi connectivity index (χ1v) is 27.4. The van der Waals surface area contributed by atoms with E-state index in [1.165, 1.54) is 11.3 Å². The number of unbranched alkanes of at least 4 members (excludes halogenated alkanes) is 6. The van der Waals surface area contributed by atoms with Crippen molar-refractivity contribution in [1.82, 2.24) is 4.98 Å². The van der Waals surface area contributed by atoms with E-state index >= 15 is 0 Å². The van der Waals surface area contributed by atoms with Gasteiger partial charge >= 0.3 is 29.8 Å².